The van der Waals surface area contributed by atoms with Crippen molar-refractivity contribution in [1.82, 2.24) is 0 Å². The van der Waals surface area contributed by atoms with Gasteiger partial charge in [-0.3, -0.25) is 20.2 Å². The summed E-state index contributed by atoms with van der Waals surface area (Å²) in [5.74, 6) is -1.33. The zero-order valence-corrected chi connectivity index (χ0v) is 6.46. The number of hydrogen-bond donors (Lipinski definition) is 1. The first-order valence-corrected chi connectivity index (χ1v) is 3.39. The molecule has 0 saturated carbocycles. The molecule has 0 amide bonds. The van der Waals surface area contributed by atoms with Gasteiger partial charge >= 0.3 is 11.4 Å². The van der Waals surface area contributed by atoms with Crippen LogP contribution in [-0.4, -0.2) is 15.0 Å². The summed E-state index contributed by atoms with van der Waals surface area (Å²) in [5, 5.41) is 29.8. The Morgan fingerprint density at radius 3 is 2.29 bits per heavy atom. The van der Waals surface area contributed by atoms with Crippen molar-refractivity contribution in [2.24, 2.45) is 0 Å². The van der Waals surface area contributed by atoms with Gasteiger partial charge in [-0.05, 0) is 0 Å². The molecule has 8 heteroatoms. The van der Waals surface area contributed by atoms with Gasteiger partial charge in [0.15, 0.2) is 5.75 Å². The fraction of sp³-hybridized carbons (Fsp3) is 0. The predicted octanol–water partition coefficient (Wildman–Crippen LogP) is 1.31. The molecule has 0 radical (unpaired) electrons. The van der Waals surface area contributed by atoms with E-state index in [1.54, 1.807) is 0 Å². The Bertz CT molecular complexity index is 449. The molecule has 0 unspecified atom stereocenters. The van der Waals surface area contributed by atoms with Crippen LogP contribution in [0.1, 0.15) is 0 Å². The number of phenolic OH excluding ortho intramolecular Hbond substituents is 1. The van der Waals surface area contributed by atoms with Gasteiger partial charge in [0.1, 0.15) is 0 Å². The molecule has 8 nitrogen and oxygen atoms in total. The lowest BCUT2D eigenvalue weighted by Crippen LogP contribution is -2.08. The van der Waals surface area contributed by atoms with E-state index < -0.39 is 32.7 Å². The van der Waals surface area contributed by atoms with Crippen LogP contribution in [0.25, 0.3) is 0 Å². The highest BCUT2D eigenvalue weighted by Gasteiger charge is 2.44. The summed E-state index contributed by atoms with van der Waals surface area (Å²) in [7, 11) is 0. The number of nitro groups is 2. The molecule has 0 aliphatic carbocycles. The fourth-order valence-electron chi connectivity index (χ4n) is 1.16. The highest BCUT2D eigenvalue weighted by molar-refractivity contribution is 5.79. The number of phenols is 1. The van der Waals surface area contributed by atoms with E-state index in [0.29, 0.717) is 0 Å². The van der Waals surface area contributed by atoms with Crippen LogP contribution in [0.2, 0.25) is 0 Å². The standard InChI is InChI=1S/C6H2N2O6/c9-3-1-2(7(10)11)5-4(8(12)13)6(3)14-5/h1,9H. The van der Waals surface area contributed by atoms with Crippen molar-refractivity contribution in [1.29, 1.82) is 0 Å². The number of nitrogens with zero attached hydrogens (tertiary/aromatic N) is 2. The molecule has 1 aromatic rings. The first kappa shape index (κ1) is 8.23. The van der Waals surface area contributed by atoms with E-state index in [4.69, 9.17) is 5.11 Å². The number of ether oxygens (including phenoxy) is 1. The molecular formula is C6H2N2O6. The molecule has 0 atom stereocenters. The van der Waals surface area contributed by atoms with Crippen molar-refractivity contribution >= 4 is 11.4 Å². The summed E-state index contributed by atoms with van der Waals surface area (Å²) in [5.41, 5.74) is -1.15. The van der Waals surface area contributed by atoms with E-state index >= 15 is 0 Å². The van der Waals surface area contributed by atoms with Crippen molar-refractivity contribution in [2.75, 3.05) is 0 Å². The second kappa shape index (κ2) is 2.31. The summed E-state index contributed by atoms with van der Waals surface area (Å²) in [6, 6.07) is 0.821. The van der Waals surface area contributed by atoms with E-state index in [1.165, 1.54) is 0 Å². The smallest absolute Gasteiger partial charge is 0.364 e. The van der Waals surface area contributed by atoms with Crippen molar-refractivity contribution in [3.8, 4) is 17.2 Å². The molecule has 14 heavy (non-hydrogen) atoms. The van der Waals surface area contributed by atoms with E-state index in [-0.39, 0.29) is 5.75 Å². The van der Waals surface area contributed by atoms with Crippen LogP contribution >= 0.6 is 0 Å². The number of fused-ring (bicyclic) bond motifs is 2. The SMILES string of the molecule is O=[N+]([O-])c1cc(O)c2c([N+](=O)[O-])c1O2. The summed E-state index contributed by atoms with van der Waals surface area (Å²) in [4.78, 5) is 19.1. The average molecular weight is 198 g/mol. The van der Waals surface area contributed by atoms with Gasteiger partial charge in [0.2, 0.25) is 0 Å². The average Bonchev–Trinajstić information content (AvgIpc) is 2.00. The highest BCUT2D eigenvalue weighted by Crippen LogP contribution is 2.59. The monoisotopic (exact) mass is 198 g/mol. The maximum Gasteiger partial charge on any atom is 0.364 e. The minimum Gasteiger partial charge on any atom is -0.504 e. The quantitative estimate of drug-likeness (QED) is 0.574. The molecule has 2 aliphatic heterocycles. The molecule has 0 saturated heterocycles. The zero-order valence-electron chi connectivity index (χ0n) is 6.46. The molecule has 0 aromatic heterocycles. The Kier molecular flexibility index (Phi) is 1.36. The molecule has 1 N–H and O–H groups in total. The van der Waals surface area contributed by atoms with Gasteiger partial charge in [-0.1, -0.05) is 0 Å². The Labute approximate surface area is 75.6 Å². The third kappa shape index (κ3) is 0.815. The van der Waals surface area contributed by atoms with Gasteiger partial charge < -0.3 is 9.84 Å². The Morgan fingerprint density at radius 2 is 1.86 bits per heavy atom. The van der Waals surface area contributed by atoms with Gasteiger partial charge in [-0.2, -0.15) is 0 Å². The molecule has 0 spiro atoms. The van der Waals surface area contributed by atoms with Gasteiger partial charge in [0.05, 0.1) is 15.9 Å². The maximum atomic E-state index is 10.4. The van der Waals surface area contributed by atoms with Gasteiger partial charge in [0, 0.05) is 0 Å². The van der Waals surface area contributed by atoms with Crippen LogP contribution in [0, 0.1) is 20.2 Å². The van der Waals surface area contributed by atoms with Gasteiger partial charge in [0.25, 0.3) is 11.5 Å². The van der Waals surface area contributed by atoms with Crippen molar-refractivity contribution < 1.29 is 19.7 Å². The van der Waals surface area contributed by atoms with E-state index in [1.807, 2.05) is 0 Å². The van der Waals surface area contributed by atoms with Crippen LogP contribution in [0.5, 0.6) is 17.2 Å². The number of rotatable bonds is 2. The molecular weight excluding hydrogens is 196 g/mol. The van der Waals surface area contributed by atoms with E-state index in [0.717, 1.165) is 6.07 Å². The lowest BCUT2D eigenvalue weighted by molar-refractivity contribution is -0.400. The largest absolute Gasteiger partial charge is 0.504 e. The normalized spacial score (nSPS) is 11.4. The van der Waals surface area contributed by atoms with Crippen LogP contribution < -0.4 is 4.74 Å². The Morgan fingerprint density at radius 1 is 1.21 bits per heavy atom. The van der Waals surface area contributed by atoms with E-state index in [9.17, 15) is 20.2 Å². The van der Waals surface area contributed by atoms with E-state index in [2.05, 4.69) is 4.74 Å². The summed E-state index contributed by atoms with van der Waals surface area (Å²) >= 11 is 0. The third-order valence-corrected chi connectivity index (χ3v) is 1.75. The predicted molar refractivity (Wildman–Crippen MR) is 41.5 cm³/mol. The molecule has 1 aromatic carbocycles. The van der Waals surface area contributed by atoms with Crippen LogP contribution in [0.3, 0.4) is 0 Å². The van der Waals surface area contributed by atoms with Crippen LogP contribution in [0.15, 0.2) is 6.07 Å². The molecule has 0 fully saturated rings. The third-order valence-electron chi connectivity index (χ3n) is 1.75. The molecule has 2 heterocycles. The maximum absolute atomic E-state index is 10.4. The zero-order chi connectivity index (χ0) is 10.5. The second-order valence-corrected chi connectivity index (χ2v) is 2.54. The highest BCUT2D eigenvalue weighted by atomic mass is 16.6. The fourth-order valence-corrected chi connectivity index (χ4v) is 1.16. The Hall–Kier alpha value is -2.38. The number of nitro benzene ring substituents is 2. The molecule has 2 bridgehead atoms. The number of benzene rings is 1. The minimum atomic E-state index is -0.856. The summed E-state index contributed by atoms with van der Waals surface area (Å²) < 4.78 is 4.59. The lowest BCUT2D eigenvalue weighted by atomic mass is 10.1. The summed E-state index contributed by atoms with van der Waals surface area (Å²) in [6.45, 7) is 0. The number of aromatic hydroxyl groups is 1. The van der Waals surface area contributed by atoms with Crippen LogP contribution in [-0.2, 0) is 0 Å². The number of hydrogen-bond acceptors (Lipinski definition) is 6. The van der Waals surface area contributed by atoms with Crippen molar-refractivity contribution in [3.63, 3.8) is 0 Å². The Balaban J connectivity index is 2.69. The molecule has 2 aliphatic rings. The first-order valence-electron chi connectivity index (χ1n) is 3.39. The minimum absolute atomic E-state index is 0.324. The summed E-state index contributed by atoms with van der Waals surface area (Å²) in [6.07, 6.45) is 0. The van der Waals surface area contributed by atoms with Gasteiger partial charge in [-0.25, -0.2) is 0 Å². The van der Waals surface area contributed by atoms with Crippen molar-refractivity contribution in [2.45, 2.75) is 0 Å². The first-order chi connectivity index (χ1) is 6.52. The molecule has 72 valence electrons. The second-order valence-electron chi connectivity index (χ2n) is 2.54. The van der Waals surface area contributed by atoms with Crippen LogP contribution in [0.4, 0.5) is 11.4 Å². The topological polar surface area (TPSA) is 116 Å². The molecule has 3 rings (SSSR count). The van der Waals surface area contributed by atoms with Gasteiger partial charge in [-0.15, -0.1) is 0 Å². The van der Waals surface area contributed by atoms with Crippen molar-refractivity contribution in [3.05, 3.63) is 26.3 Å². The lowest BCUT2D eigenvalue weighted by Gasteiger charge is -2.17.